The average molecular weight is 357 g/mol. The first-order chi connectivity index (χ1) is 12.1. The van der Waals surface area contributed by atoms with E-state index in [9.17, 15) is 14.4 Å². The van der Waals surface area contributed by atoms with Crippen LogP contribution in [0.15, 0.2) is 60.7 Å². The van der Waals surface area contributed by atoms with Crippen molar-refractivity contribution in [1.82, 2.24) is 5.32 Å². The lowest BCUT2D eigenvalue weighted by Crippen LogP contribution is -2.31. The summed E-state index contributed by atoms with van der Waals surface area (Å²) in [6, 6.07) is 18.0. The van der Waals surface area contributed by atoms with E-state index in [0.717, 1.165) is 17.3 Å². The molecule has 2 aromatic rings. The minimum Gasteiger partial charge on any atom is -0.455 e. The summed E-state index contributed by atoms with van der Waals surface area (Å²) in [5, 5.41) is 2.54. The molecule has 0 aliphatic carbocycles. The van der Waals surface area contributed by atoms with Gasteiger partial charge in [0.25, 0.3) is 5.91 Å². The molecule has 0 radical (unpaired) electrons. The van der Waals surface area contributed by atoms with Crippen molar-refractivity contribution in [2.45, 2.75) is 13.0 Å². The number of rotatable bonds is 7. The highest BCUT2D eigenvalue weighted by Crippen LogP contribution is 2.13. The summed E-state index contributed by atoms with van der Waals surface area (Å²) in [6.45, 7) is 1.49. The van der Waals surface area contributed by atoms with E-state index in [2.05, 4.69) is 5.32 Å². The number of nitrogens with one attached hydrogen (secondary N) is 1. The van der Waals surface area contributed by atoms with Gasteiger partial charge in [0.05, 0.1) is 11.8 Å². The van der Waals surface area contributed by atoms with Crippen LogP contribution in [0, 0.1) is 0 Å². The maximum Gasteiger partial charge on any atom is 0.316 e. The summed E-state index contributed by atoms with van der Waals surface area (Å²) in [7, 11) is 0. The predicted molar refractivity (Wildman–Crippen MR) is 97.2 cm³/mol. The van der Waals surface area contributed by atoms with Crippen LogP contribution in [0.25, 0.3) is 0 Å². The van der Waals surface area contributed by atoms with Crippen molar-refractivity contribution in [3.8, 4) is 0 Å². The summed E-state index contributed by atoms with van der Waals surface area (Å²) >= 11 is 0.855. The second-order valence-electron chi connectivity index (χ2n) is 5.30. The van der Waals surface area contributed by atoms with Gasteiger partial charge in [-0.15, -0.1) is 0 Å². The molecular weight excluding hydrogens is 338 g/mol. The largest absolute Gasteiger partial charge is 0.455 e. The molecule has 25 heavy (non-hydrogen) atoms. The minimum atomic E-state index is -0.600. The van der Waals surface area contributed by atoms with Crippen LogP contribution in [0.2, 0.25) is 0 Å². The van der Waals surface area contributed by atoms with Gasteiger partial charge < -0.3 is 10.1 Å². The molecule has 0 aliphatic heterocycles. The molecule has 0 heterocycles. The Morgan fingerprint density at radius 3 is 2.24 bits per heavy atom. The van der Waals surface area contributed by atoms with Crippen molar-refractivity contribution in [2.75, 3.05) is 12.4 Å². The Balaban J connectivity index is 1.69. The van der Waals surface area contributed by atoms with E-state index in [4.69, 9.17) is 4.74 Å². The maximum atomic E-state index is 11.9. The predicted octanol–water partition coefficient (Wildman–Crippen LogP) is 2.98. The third kappa shape index (κ3) is 6.43. The summed E-state index contributed by atoms with van der Waals surface area (Å²) in [5.41, 5.74) is 1.49. The fourth-order valence-corrected chi connectivity index (χ4v) is 2.71. The molecule has 0 aromatic heterocycles. The van der Waals surface area contributed by atoms with Crippen molar-refractivity contribution in [3.05, 3.63) is 71.8 Å². The van der Waals surface area contributed by atoms with Crippen LogP contribution in [0.4, 0.5) is 0 Å². The molecule has 130 valence electrons. The van der Waals surface area contributed by atoms with Crippen LogP contribution < -0.4 is 5.32 Å². The summed E-state index contributed by atoms with van der Waals surface area (Å²) in [4.78, 5) is 35.4. The average Bonchev–Trinajstić information content (AvgIpc) is 2.65. The number of hydrogen-bond acceptors (Lipinski definition) is 5. The van der Waals surface area contributed by atoms with Gasteiger partial charge in [0.15, 0.2) is 6.61 Å². The molecule has 0 spiro atoms. The van der Waals surface area contributed by atoms with Crippen LogP contribution in [-0.2, 0) is 14.3 Å². The van der Waals surface area contributed by atoms with E-state index >= 15 is 0 Å². The van der Waals surface area contributed by atoms with Crippen LogP contribution in [0.1, 0.15) is 28.9 Å². The van der Waals surface area contributed by atoms with E-state index in [1.54, 1.807) is 24.3 Å². The normalized spacial score (nSPS) is 11.4. The zero-order chi connectivity index (χ0) is 18.1. The van der Waals surface area contributed by atoms with Crippen molar-refractivity contribution in [1.29, 1.82) is 0 Å². The van der Waals surface area contributed by atoms with Gasteiger partial charge in [-0.2, -0.15) is 0 Å². The first kappa shape index (κ1) is 18.7. The lowest BCUT2D eigenvalue weighted by molar-refractivity contribution is -0.146. The molecule has 1 amide bonds. The summed E-state index contributed by atoms with van der Waals surface area (Å²) in [5.74, 6) is -1.12. The molecule has 0 saturated heterocycles. The zero-order valence-corrected chi connectivity index (χ0v) is 14.6. The number of ether oxygens (including phenoxy) is 1. The molecular formula is C19H19NO4S. The number of esters is 1. The van der Waals surface area contributed by atoms with E-state index in [1.165, 1.54) is 0 Å². The minimum absolute atomic E-state index is 0.130. The standard InChI is InChI=1S/C19H19NO4S/c1-14(15-8-4-2-5-9-15)20-17(21)12-24-18(22)13-25-19(23)16-10-6-3-7-11-16/h2-11,14H,12-13H2,1H3,(H,20,21)/t14-/m1/s1. The van der Waals surface area contributed by atoms with E-state index < -0.39 is 5.97 Å². The molecule has 1 atom stereocenters. The SMILES string of the molecule is C[C@@H](NC(=O)COC(=O)CSC(=O)c1ccccc1)c1ccccc1. The monoisotopic (exact) mass is 357 g/mol. The van der Waals surface area contributed by atoms with Crippen molar-refractivity contribution < 1.29 is 19.1 Å². The Morgan fingerprint density at radius 2 is 1.60 bits per heavy atom. The highest BCUT2D eigenvalue weighted by atomic mass is 32.2. The molecule has 0 unspecified atom stereocenters. The molecule has 0 aliphatic rings. The molecule has 5 nitrogen and oxygen atoms in total. The van der Waals surface area contributed by atoms with Crippen LogP contribution in [-0.4, -0.2) is 29.4 Å². The van der Waals surface area contributed by atoms with Crippen LogP contribution in [0.5, 0.6) is 0 Å². The van der Waals surface area contributed by atoms with Gasteiger partial charge in [-0.25, -0.2) is 0 Å². The molecule has 2 rings (SSSR count). The number of amides is 1. The van der Waals surface area contributed by atoms with Crippen LogP contribution >= 0.6 is 11.8 Å². The van der Waals surface area contributed by atoms with Crippen molar-refractivity contribution in [3.63, 3.8) is 0 Å². The third-order valence-electron chi connectivity index (χ3n) is 3.37. The molecule has 0 fully saturated rings. The maximum absolute atomic E-state index is 11.9. The molecule has 0 bridgehead atoms. The van der Waals surface area contributed by atoms with Gasteiger partial charge in [0.1, 0.15) is 0 Å². The Kier molecular flexibility index (Phi) is 7.22. The first-order valence-electron chi connectivity index (χ1n) is 7.78. The number of hydrogen-bond donors (Lipinski definition) is 1. The van der Waals surface area contributed by atoms with Gasteiger partial charge in [-0.3, -0.25) is 14.4 Å². The van der Waals surface area contributed by atoms with Gasteiger partial charge >= 0.3 is 5.97 Å². The Bertz CT molecular complexity index is 719. The van der Waals surface area contributed by atoms with Gasteiger partial charge in [0, 0.05) is 5.56 Å². The zero-order valence-electron chi connectivity index (χ0n) is 13.8. The highest BCUT2D eigenvalue weighted by Gasteiger charge is 2.14. The second kappa shape index (κ2) is 9.64. The first-order valence-corrected chi connectivity index (χ1v) is 8.77. The van der Waals surface area contributed by atoms with Crippen LogP contribution in [0.3, 0.4) is 0 Å². The van der Waals surface area contributed by atoms with E-state index in [1.807, 2.05) is 43.3 Å². The molecule has 6 heteroatoms. The topological polar surface area (TPSA) is 72.5 Å². The van der Waals surface area contributed by atoms with E-state index in [0.29, 0.717) is 5.56 Å². The third-order valence-corrected chi connectivity index (χ3v) is 4.25. The van der Waals surface area contributed by atoms with Crippen molar-refractivity contribution in [2.24, 2.45) is 0 Å². The smallest absolute Gasteiger partial charge is 0.316 e. The fraction of sp³-hybridized carbons (Fsp3) is 0.211. The van der Waals surface area contributed by atoms with Gasteiger partial charge in [0.2, 0.25) is 5.12 Å². The fourth-order valence-electron chi connectivity index (χ4n) is 2.08. The summed E-state index contributed by atoms with van der Waals surface area (Å²) in [6.07, 6.45) is 0. The Morgan fingerprint density at radius 1 is 1.00 bits per heavy atom. The molecule has 2 aromatic carbocycles. The Labute approximate surface area is 150 Å². The quantitative estimate of drug-likeness (QED) is 0.771. The number of carbonyl (C=O) groups is 3. The van der Waals surface area contributed by atoms with Gasteiger partial charge in [-0.05, 0) is 12.5 Å². The summed E-state index contributed by atoms with van der Waals surface area (Å²) < 4.78 is 4.90. The lowest BCUT2D eigenvalue weighted by Gasteiger charge is -2.14. The number of benzene rings is 2. The Hall–Kier alpha value is -2.60. The van der Waals surface area contributed by atoms with E-state index in [-0.39, 0.29) is 29.4 Å². The molecule has 0 saturated carbocycles. The second-order valence-corrected chi connectivity index (χ2v) is 6.25. The number of carbonyl (C=O) groups excluding carboxylic acids is 3. The van der Waals surface area contributed by atoms with Crippen molar-refractivity contribution >= 4 is 28.8 Å². The number of thioether (sulfide) groups is 1. The van der Waals surface area contributed by atoms with Gasteiger partial charge in [-0.1, -0.05) is 72.4 Å². The highest BCUT2D eigenvalue weighted by molar-refractivity contribution is 8.14. The lowest BCUT2D eigenvalue weighted by atomic mass is 10.1. The molecule has 1 N–H and O–H groups in total.